The second-order valence-electron chi connectivity index (χ2n) is 2.67. The Morgan fingerprint density at radius 2 is 1.93 bits per heavy atom. The first-order valence-electron chi connectivity index (χ1n) is 3.95. The number of hydrogen-bond donors (Lipinski definition) is 0. The summed E-state index contributed by atoms with van der Waals surface area (Å²) in [5.41, 5.74) is -0.408. The van der Waals surface area contributed by atoms with Crippen LogP contribution >= 0.6 is 0 Å². The summed E-state index contributed by atoms with van der Waals surface area (Å²) < 4.78 is 30.8. The lowest BCUT2D eigenvalue weighted by atomic mass is 10.2. The zero-order valence-corrected chi connectivity index (χ0v) is 7.28. The third-order valence-electron chi connectivity index (χ3n) is 1.73. The first-order valence-corrected chi connectivity index (χ1v) is 3.95. The van der Waals surface area contributed by atoms with Crippen LogP contribution in [0.2, 0.25) is 0 Å². The van der Waals surface area contributed by atoms with E-state index >= 15 is 0 Å². The number of carbonyl (C=O) groups excluding carboxylic acids is 1. The van der Waals surface area contributed by atoms with E-state index in [1.807, 2.05) is 0 Å². The Morgan fingerprint density at radius 3 is 2.47 bits per heavy atom. The Balaban J connectivity index is 2.58. The fraction of sp³-hybridized carbons (Fsp3) is 0. The highest BCUT2D eigenvalue weighted by Crippen LogP contribution is 2.22. The van der Waals surface area contributed by atoms with Crippen molar-refractivity contribution in [3.05, 3.63) is 35.7 Å². The van der Waals surface area contributed by atoms with Crippen LogP contribution in [0.4, 0.5) is 8.78 Å². The van der Waals surface area contributed by atoms with Gasteiger partial charge < -0.3 is 4.52 Å². The molecule has 0 amide bonds. The Hall–Kier alpha value is -2.11. The van der Waals surface area contributed by atoms with Crippen molar-refractivity contribution in [3.63, 3.8) is 0 Å². The van der Waals surface area contributed by atoms with E-state index in [0.717, 1.165) is 12.1 Å². The lowest BCUT2D eigenvalue weighted by Gasteiger charge is -1.97. The highest BCUT2D eigenvalue weighted by Gasteiger charge is 2.16. The van der Waals surface area contributed by atoms with E-state index in [2.05, 4.69) is 14.7 Å². The number of benzene rings is 1. The first-order chi connectivity index (χ1) is 7.22. The molecular formula is C9H4F2N2O2. The molecular weight excluding hydrogens is 206 g/mol. The van der Waals surface area contributed by atoms with E-state index in [1.165, 1.54) is 6.07 Å². The molecule has 0 N–H and O–H groups in total. The van der Waals surface area contributed by atoms with Gasteiger partial charge in [0.1, 0.15) is 11.6 Å². The van der Waals surface area contributed by atoms with Crippen molar-refractivity contribution >= 4 is 6.29 Å². The number of halogens is 2. The second kappa shape index (κ2) is 3.56. The van der Waals surface area contributed by atoms with E-state index in [4.69, 9.17) is 0 Å². The molecule has 0 unspecified atom stereocenters. The quantitative estimate of drug-likeness (QED) is 0.709. The molecule has 15 heavy (non-hydrogen) atoms. The molecule has 0 saturated carbocycles. The molecule has 0 spiro atoms. The largest absolute Gasteiger partial charge is 0.331 e. The topological polar surface area (TPSA) is 56.0 Å². The number of hydrogen-bond acceptors (Lipinski definition) is 4. The van der Waals surface area contributed by atoms with Gasteiger partial charge in [0.05, 0.1) is 5.56 Å². The second-order valence-corrected chi connectivity index (χ2v) is 2.67. The van der Waals surface area contributed by atoms with Gasteiger partial charge in [-0.2, -0.15) is 4.98 Å². The summed E-state index contributed by atoms with van der Waals surface area (Å²) in [5.74, 6) is -2.23. The lowest BCUT2D eigenvalue weighted by Crippen LogP contribution is -1.91. The molecule has 0 aliphatic rings. The number of nitrogens with zero attached hydrogens (tertiary/aromatic N) is 2. The zero-order chi connectivity index (χ0) is 10.8. The SMILES string of the molecule is O=Cc1nc(-c2c(F)cccc2F)no1. The standard InChI is InChI=1S/C9H4F2N2O2/c10-5-2-1-3-6(11)8(5)9-12-7(4-14)15-13-9/h1-4H. The van der Waals surface area contributed by atoms with E-state index in [0.29, 0.717) is 6.29 Å². The molecule has 0 radical (unpaired) electrons. The van der Waals surface area contributed by atoms with Crippen molar-refractivity contribution in [2.24, 2.45) is 0 Å². The van der Waals surface area contributed by atoms with Crippen LogP contribution in [0.25, 0.3) is 11.4 Å². The summed E-state index contributed by atoms with van der Waals surface area (Å²) >= 11 is 0. The molecule has 0 saturated heterocycles. The monoisotopic (exact) mass is 210 g/mol. The number of aromatic nitrogens is 2. The van der Waals surface area contributed by atoms with Gasteiger partial charge >= 0.3 is 0 Å². The maximum Gasteiger partial charge on any atom is 0.291 e. The van der Waals surface area contributed by atoms with Crippen LogP contribution in [-0.4, -0.2) is 16.4 Å². The minimum atomic E-state index is -0.812. The highest BCUT2D eigenvalue weighted by molar-refractivity contribution is 5.69. The third-order valence-corrected chi connectivity index (χ3v) is 1.73. The molecule has 4 nitrogen and oxygen atoms in total. The number of carbonyl (C=O) groups is 1. The Bertz CT molecular complexity index is 490. The van der Waals surface area contributed by atoms with E-state index in [-0.39, 0.29) is 11.7 Å². The van der Waals surface area contributed by atoms with Crippen LogP contribution in [-0.2, 0) is 0 Å². The molecule has 0 bridgehead atoms. The third kappa shape index (κ3) is 1.61. The molecule has 2 aromatic rings. The van der Waals surface area contributed by atoms with Crippen molar-refractivity contribution in [3.8, 4) is 11.4 Å². The predicted octanol–water partition coefficient (Wildman–Crippen LogP) is 1.83. The number of aldehydes is 1. The normalized spacial score (nSPS) is 10.3. The molecule has 0 aliphatic heterocycles. The van der Waals surface area contributed by atoms with Crippen LogP contribution in [0.15, 0.2) is 22.7 Å². The minimum Gasteiger partial charge on any atom is -0.331 e. The first kappa shape index (κ1) is 9.45. The van der Waals surface area contributed by atoms with Gasteiger partial charge in [0, 0.05) is 0 Å². The Morgan fingerprint density at radius 1 is 1.27 bits per heavy atom. The molecule has 6 heteroatoms. The predicted molar refractivity (Wildman–Crippen MR) is 45.0 cm³/mol. The molecule has 1 heterocycles. The summed E-state index contributed by atoms with van der Waals surface area (Å²) in [5, 5.41) is 3.28. The zero-order valence-electron chi connectivity index (χ0n) is 7.28. The molecule has 0 fully saturated rings. The average Bonchev–Trinajstić information content (AvgIpc) is 2.66. The van der Waals surface area contributed by atoms with Gasteiger partial charge in [0.15, 0.2) is 0 Å². The van der Waals surface area contributed by atoms with Gasteiger partial charge in [-0.25, -0.2) is 8.78 Å². The Labute approximate surface area is 82.5 Å². The van der Waals surface area contributed by atoms with Crippen molar-refractivity contribution in [2.75, 3.05) is 0 Å². The van der Waals surface area contributed by atoms with Crippen molar-refractivity contribution in [1.29, 1.82) is 0 Å². The van der Waals surface area contributed by atoms with Gasteiger partial charge in [0.2, 0.25) is 12.1 Å². The van der Waals surface area contributed by atoms with Crippen LogP contribution in [0.5, 0.6) is 0 Å². The maximum atomic E-state index is 13.2. The minimum absolute atomic E-state index is 0.285. The fourth-order valence-corrected chi connectivity index (χ4v) is 1.10. The highest BCUT2D eigenvalue weighted by atomic mass is 19.1. The van der Waals surface area contributed by atoms with E-state index in [9.17, 15) is 13.6 Å². The summed E-state index contributed by atoms with van der Waals surface area (Å²) in [6.45, 7) is 0. The molecule has 1 aromatic carbocycles. The Kier molecular flexibility index (Phi) is 2.24. The van der Waals surface area contributed by atoms with Crippen LogP contribution in [0, 0.1) is 11.6 Å². The van der Waals surface area contributed by atoms with Crippen LogP contribution < -0.4 is 0 Å². The summed E-state index contributed by atoms with van der Waals surface area (Å²) in [4.78, 5) is 13.7. The van der Waals surface area contributed by atoms with Gasteiger partial charge in [-0.3, -0.25) is 4.79 Å². The van der Waals surface area contributed by atoms with Crippen molar-refractivity contribution in [1.82, 2.24) is 10.1 Å². The molecule has 0 atom stereocenters. The molecule has 1 aromatic heterocycles. The average molecular weight is 210 g/mol. The molecule has 76 valence electrons. The lowest BCUT2D eigenvalue weighted by molar-refractivity contribution is 0.108. The summed E-state index contributed by atoms with van der Waals surface area (Å²) in [7, 11) is 0. The van der Waals surface area contributed by atoms with E-state index < -0.39 is 17.2 Å². The summed E-state index contributed by atoms with van der Waals surface area (Å²) in [6.07, 6.45) is 0.301. The van der Waals surface area contributed by atoms with Crippen LogP contribution in [0.1, 0.15) is 10.7 Å². The maximum absolute atomic E-state index is 13.2. The van der Waals surface area contributed by atoms with Crippen LogP contribution in [0.3, 0.4) is 0 Å². The molecule has 2 rings (SSSR count). The fourth-order valence-electron chi connectivity index (χ4n) is 1.10. The number of rotatable bonds is 2. The van der Waals surface area contributed by atoms with Gasteiger partial charge in [-0.05, 0) is 12.1 Å². The van der Waals surface area contributed by atoms with Gasteiger partial charge in [-0.1, -0.05) is 11.2 Å². The molecule has 0 aliphatic carbocycles. The smallest absolute Gasteiger partial charge is 0.291 e. The summed E-state index contributed by atoms with van der Waals surface area (Å²) in [6, 6.07) is 3.35. The van der Waals surface area contributed by atoms with Gasteiger partial charge in [-0.15, -0.1) is 0 Å². The van der Waals surface area contributed by atoms with E-state index in [1.54, 1.807) is 0 Å². The van der Waals surface area contributed by atoms with Gasteiger partial charge in [0.25, 0.3) is 5.89 Å². The van der Waals surface area contributed by atoms with Crippen molar-refractivity contribution < 1.29 is 18.1 Å². The van der Waals surface area contributed by atoms with Crippen molar-refractivity contribution in [2.45, 2.75) is 0 Å².